The van der Waals surface area contributed by atoms with Crippen molar-refractivity contribution in [2.45, 2.75) is 53.5 Å². The second-order valence-electron chi connectivity index (χ2n) is 7.05. The van der Waals surface area contributed by atoms with Crippen LogP contribution in [0.25, 0.3) is 0 Å². The second kappa shape index (κ2) is 6.33. The minimum absolute atomic E-state index is 0.141. The third-order valence-electron chi connectivity index (χ3n) is 3.33. The lowest BCUT2D eigenvalue weighted by atomic mass is 9.93. The van der Waals surface area contributed by atoms with Gasteiger partial charge in [-0.3, -0.25) is 4.90 Å². The van der Waals surface area contributed by atoms with Crippen molar-refractivity contribution in [3.05, 3.63) is 16.1 Å². The Labute approximate surface area is 122 Å². The molecule has 0 aliphatic carbocycles. The average molecular weight is 283 g/mol. The van der Waals surface area contributed by atoms with Crippen molar-refractivity contribution in [3.63, 3.8) is 0 Å². The highest BCUT2D eigenvalue weighted by atomic mass is 32.1. The zero-order chi connectivity index (χ0) is 14.7. The van der Waals surface area contributed by atoms with Gasteiger partial charge in [0.15, 0.2) is 0 Å². The highest BCUT2D eigenvalue weighted by Crippen LogP contribution is 2.25. The molecule has 1 aromatic heterocycles. The van der Waals surface area contributed by atoms with E-state index in [2.05, 4.69) is 51.8 Å². The van der Waals surface area contributed by atoms with Crippen LogP contribution >= 0.6 is 11.3 Å². The van der Waals surface area contributed by atoms with Gasteiger partial charge in [-0.25, -0.2) is 4.98 Å². The van der Waals surface area contributed by atoms with E-state index in [1.165, 1.54) is 10.7 Å². The van der Waals surface area contributed by atoms with Crippen LogP contribution in [0.2, 0.25) is 0 Å². The molecule has 1 aromatic rings. The monoisotopic (exact) mass is 283 g/mol. The number of nitrogens with zero attached hydrogens (tertiary/aromatic N) is 2. The van der Waals surface area contributed by atoms with Gasteiger partial charge in [0.05, 0.1) is 12.2 Å². The third kappa shape index (κ3) is 5.21. The quantitative estimate of drug-likeness (QED) is 0.871. The van der Waals surface area contributed by atoms with E-state index in [9.17, 15) is 0 Å². The van der Waals surface area contributed by atoms with Gasteiger partial charge in [-0.1, -0.05) is 41.5 Å². The summed E-state index contributed by atoms with van der Waals surface area (Å²) in [5, 5.41) is 3.40. The number of aromatic nitrogens is 1. The van der Waals surface area contributed by atoms with Crippen LogP contribution in [0.3, 0.4) is 0 Å². The molecule has 0 spiro atoms. The Bertz CT molecular complexity index is 390. The van der Waals surface area contributed by atoms with Crippen LogP contribution in [0, 0.1) is 5.41 Å². The van der Waals surface area contributed by atoms with Gasteiger partial charge >= 0.3 is 0 Å². The highest BCUT2D eigenvalue weighted by Gasteiger charge is 2.21. The molecule has 0 fully saturated rings. The minimum Gasteiger partial charge on any atom is -0.330 e. The molecule has 0 saturated heterocycles. The molecule has 0 radical (unpaired) electrons. The SMILES string of the molecule is CCN(Cc1nc(C(C)(C)C)cs1)CC(C)(C)CN. The Morgan fingerprint density at radius 1 is 1.26 bits per heavy atom. The molecule has 1 heterocycles. The summed E-state index contributed by atoms with van der Waals surface area (Å²) in [4.78, 5) is 7.20. The average Bonchev–Trinajstić information content (AvgIpc) is 2.76. The molecule has 2 N–H and O–H groups in total. The molecular formula is C15H29N3S. The van der Waals surface area contributed by atoms with Gasteiger partial charge < -0.3 is 5.73 Å². The summed E-state index contributed by atoms with van der Waals surface area (Å²) in [6.07, 6.45) is 0. The molecule has 3 nitrogen and oxygen atoms in total. The van der Waals surface area contributed by atoms with Gasteiger partial charge in [0.2, 0.25) is 0 Å². The summed E-state index contributed by atoms with van der Waals surface area (Å²) < 4.78 is 0. The van der Waals surface area contributed by atoms with Crippen molar-refractivity contribution >= 4 is 11.3 Å². The summed E-state index contributed by atoms with van der Waals surface area (Å²) in [5.41, 5.74) is 7.33. The largest absolute Gasteiger partial charge is 0.330 e. The number of nitrogens with two attached hydrogens (primary N) is 1. The van der Waals surface area contributed by atoms with Gasteiger partial charge in [-0.15, -0.1) is 11.3 Å². The maximum absolute atomic E-state index is 5.82. The van der Waals surface area contributed by atoms with E-state index in [0.29, 0.717) is 6.54 Å². The Morgan fingerprint density at radius 3 is 2.32 bits per heavy atom. The summed E-state index contributed by atoms with van der Waals surface area (Å²) in [6, 6.07) is 0. The first-order chi connectivity index (χ1) is 8.68. The van der Waals surface area contributed by atoms with Crippen LogP contribution in [-0.2, 0) is 12.0 Å². The Balaban J connectivity index is 2.69. The molecule has 0 aromatic carbocycles. The van der Waals surface area contributed by atoms with Crippen molar-refractivity contribution in [2.24, 2.45) is 11.1 Å². The number of rotatable bonds is 6. The van der Waals surface area contributed by atoms with Crippen LogP contribution in [0.1, 0.15) is 52.2 Å². The van der Waals surface area contributed by atoms with E-state index in [0.717, 1.165) is 19.6 Å². The van der Waals surface area contributed by atoms with E-state index < -0.39 is 0 Å². The van der Waals surface area contributed by atoms with Crippen LogP contribution < -0.4 is 5.73 Å². The smallest absolute Gasteiger partial charge is 0.107 e. The Morgan fingerprint density at radius 2 is 1.89 bits per heavy atom. The molecule has 19 heavy (non-hydrogen) atoms. The predicted molar refractivity (Wildman–Crippen MR) is 84.6 cm³/mol. The van der Waals surface area contributed by atoms with Crippen molar-refractivity contribution in [2.75, 3.05) is 19.6 Å². The van der Waals surface area contributed by atoms with Crippen LogP contribution in [0.5, 0.6) is 0 Å². The molecule has 1 rings (SSSR count). The molecule has 0 aliphatic heterocycles. The van der Waals surface area contributed by atoms with Crippen molar-refractivity contribution in [1.82, 2.24) is 9.88 Å². The first-order valence-corrected chi connectivity index (χ1v) is 7.93. The van der Waals surface area contributed by atoms with Gasteiger partial charge in [0.1, 0.15) is 5.01 Å². The summed E-state index contributed by atoms with van der Waals surface area (Å²) >= 11 is 1.77. The number of hydrogen-bond donors (Lipinski definition) is 1. The first kappa shape index (κ1) is 16.6. The zero-order valence-electron chi connectivity index (χ0n) is 13.3. The fourth-order valence-corrected chi connectivity index (χ4v) is 2.93. The first-order valence-electron chi connectivity index (χ1n) is 7.05. The standard InChI is InChI=1S/C15H29N3S/c1-7-18(11-15(5,6)10-16)8-13-17-12(9-19-13)14(2,3)4/h9H,7-8,10-11,16H2,1-6H3. The highest BCUT2D eigenvalue weighted by molar-refractivity contribution is 7.09. The zero-order valence-corrected chi connectivity index (χ0v) is 14.1. The molecule has 0 amide bonds. The number of thiazole rings is 1. The predicted octanol–water partition coefficient (Wildman–Crippen LogP) is 3.25. The fraction of sp³-hybridized carbons (Fsp3) is 0.800. The summed E-state index contributed by atoms with van der Waals surface area (Å²) in [5.74, 6) is 0. The summed E-state index contributed by atoms with van der Waals surface area (Å²) in [7, 11) is 0. The van der Waals surface area contributed by atoms with Gasteiger partial charge in [0, 0.05) is 17.3 Å². The normalized spacial score (nSPS) is 13.3. The second-order valence-corrected chi connectivity index (χ2v) is 7.99. The molecule has 0 atom stereocenters. The van der Waals surface area contributed by atoms with Crippen LogP contribution in [0.15, 0.2) is 5.38 Å². The van der Waals surface area contributed by atoms with E-state index >= 15 is 0 Å². The Hall–Kier alpha value is -0.450. The van der Waals surface area contributed by atoms with Crippen molar-refractivity contribution < 1.29 is 0 Å². The summed E-state index contributed by atoms with van der Waals surface area (Å²) in [6.45, 7) is 17.0. The van der Waals surface area contributed by atoms with Gasteiger partial charge in [-0.05, 0) is 18.5 Å². The van der Waals surface area contributed by atoms with E-state index in [1.807, 2.05) is 0 Å². The molecule has 4 heteroatoms. The van der Waals surface area contributed by atoms with E-state index in [4.69, 9.17) is 10.7 Å². The van der Waals surface area contributed by atoms with E-state index in [1.54, 1.807) is 11.3 Å². The lowest BCUT2D eigenvalue weighted by Gasteiger charge is -2.30. The maximum atomic E-state index is 5.82. The third-order valence-corrected chi connectivity index (χ3v) is 4.16. The minimum atomic E-state index is 0.141. The van der Waals surface area contributed by atoms with Crippen molar-refractivity contribution in [3.8, 4) is 0 Å². The molecule has 0 unspecified atom stereocenters. The van der Waals surface area contributed by atoms with Gasteiger partial charge in [-0.2, -0.15) is 0 Å². The lowest BCUT2D eigenvalue weighted by Crippen LogP contribution is -2.38. The van der Waals surface area contributed by atoms with Crippen LogP contribution in [0.4, 0.5) is 0 Å². The molecule has 0 bridgehead atoms. The molecule has 0 aliphatic rings. The van der Waals surface area contributed by atoms with Crippen molar-refractivity contribution in [1.29, 1.82) is 0 Å². The number of hydrogen-bond acceptors (Lipinski definition) is 4. The molecule has 110 valence electrons. The Kier molecular flexibility index (Phi) is 5.53. The van der Waals surface area contributed by atoms with E-state index in [-0.39, 0.29) is 10.8 Å². The van der Waals surface area contributed by atoms with Crippen LogP contribution in [-0.4, -0.2) is 29.5 Å². The fourth-order valence-electron chi connectivity index (χ4n) is 1.87. The molecule has 0 saturated carbocycles. The maximum Gasteiger partial charge on any atom is 0.107 e. The lowest BCUT2D eigenvalue weighted by molar-refractivity contribution is 0.183. The molecular weight excluding hydrogens is 254 g/mol. The van der Waals surface area contributed by atoms with Gasteiger partial charge in [0.25, 0.3) is 0 Å². The topological polar surface area (TPSA) is 42.2 Å².